The monoisotopic (exact) mass is 429 g/mol. The number of nitrogens with zero attached hydrogens (tertiary/aromatic N) is 3. The number of esters is 1. The maximum atomic E-state index is 12.0. The van der Waals surface area contributed by atoms with Gasteiger partial charge in [-0.25, -0.2) is 0 Å². The molecule has 0 spiro atoms. The molecule has 0 saturated heterocycles. The van der Waals surface area contributed by atoms with Crippen LogP contribution in [0.1, 0.15) is 97.3 Å². The van der Waals surface area contributed by atoms with Crippen LogP contribution >= 0.6 is 0 Å². The maximum Gasteiger partial charge on any atom is 0.317 e. The molecular weight excluding hydrogens is 386 g/mol. The molecule has 8 nitrogen and oxygen atoms in total. The Labute approximate surface area is 182 Å². The maximum absolute atomic E-state index is 12.0. The van der Waals surface area contributed by atoms with Gasteiger partial charge in [0.2, 0.25) is 0 Å². The minimum atomic E-state index is -1.32. The van der Waals surface area contributed by atoms with Crippen molar-refractivity contribution >= 4 is 5.97 Å². The molecule has 0 fully saturated rings. The van der Waals surface area contributed by atoms with Gasteiger partial charge in [-0.2, -0.15) is 0 Å². The minimum absolute atomic E-state index is 0.00814. The first-order valence-electron chi connectivity index (χ1n) is 11.6. The molecule has 0 amide bonds. The molecule has 0 aromatic rings. The fourth-order valence-corrected chi connectivity index (χ4v) is 3.44. The number of carbonyl (C=O) groups excluding carboxylic acids is 1. The number of hydrogen-bond acceptors (Lipinski definition) is 6. The normalized spacial score (nSPS) is 14.0. The van der Waals surface area contributed by atoms with E-state index in [2.05, 4.69) is 16.9 Å². The van der Waals surface area contributed by atoms with Gasteiger partial charge in [0.05, 0.1) is 18.8 Å². The third kappa shape index (κ3) is 14.6. The molecule has 0 bridgehead atoms. The van der Waals surface area contributed by atoms with Gasteiger partial charge in [-0.15, -0.1) is 0 Å². The van der Waals surface area contributed by atoms with Crippen LogP contribution in [-0.4, -0.2) is 49.8 Å². The molecule has 176 valence electrons. The molecule has 30 heavy (non-hydrogen) atoms. The third-order valence-electron chi connectivity index (χ3n) is 5.15. The number of methoxy groups -OCH3 is 1. The second-order valence-electron chi connectivity index (χ2n) is 7.68. The molecule has 0 aliphatic heterocycles. The number of ether oxygens (including phenoxy) is 3. The molecule has 1 N–H and O–H groups in total. The summed E-state index contributed by atoms with van der Waals surface area (Å²) in [5.41, 5.74) is 8.72. The van der Waals surface area contributed by atoms with Crippen molar-refractivity contribution in [3.05, 3.63) is 10.4 Å². The Bertz CT molecular complexity index is 458. The standard InChI is InChI=1S/C22H43N3O5/c1-4-6-7-8-9-10-11-12-13-14-15-16-17-19(30-18-28-3)21(26)20(24-25-23)22(27)29-5-2/h19-21,26H,4-18H2,1-3H3/t19-,20-,21-/m1/s1. The predicted molar refractivity (Wildman–Crippen MR) is 118 cm³/mol. The van der Waals surface area contributed by atoms with Crippen molar-refractivity contribution in [1.29, 1.82) is 0 Å². The summed E-state index contributed by atoms with van der Waals surface area (Å²) in [6.07, 6.45) is 13.5. The van der Waals surface area contributed by atoms with Crippen LogP contribution in [0, 0.1) is 0 Å². The van der Waals surface area contributed by atoms with Gasteiger partial charge in [-0.05, 0) is 18.9 Å². The van der Waals surface area contributed by atoms with Crippen LogP contribution in [0.25, 0.3) is 10.4 Å². The second-order valence-corrected chi connectivity index (χ2v) is 7.68. The van der Waals surface area contributed by atoms with E-state index in [9.17, 15) is 9.90 Å². The molecule has 0 rings (SSSR count). The summed E-state index contributed by atoms with van der Waals surface area (Å²) in [7, 11) is 1.49. The zero-order valence-corrected chi connectivity index (χ0v) is 19.3. The highest BCUT2D eigenvalue weighted by Gasteiger charge is 2.34. The lowest BCUT2D eigenvalue weighted by atomic mass is 9.99. The van der Waals surface area contributed by atoms with Crippen LogP contribution < -0.4 is 0 Å². The number of unbranched alkanes of at least 4 members (excludes halogenated alkanes) is 11. The van der Waals surface area contributed by atoms with Crippen LogP contribution in [-0.2, 0) is 19.0 Å². The number of hydrogen-bond donors (Lipinski definition) is 1. The smallest absolute Gasteiger partial charge is 0.317 e. The van der Waals surface area contributed by atoms with Crippen LogP contribution in [0.5, 0.6) is 0 Å². The van der Waals surface area contributed by atoms with E-state index < -0.39 is 24.2 Å². The first-order valence-corrected chi connectivity index (χ1v) is 11.6. The highest BCUT2D eigenvalue weighted by molar-refractivity contribution is 5.76. The van der Waals surface area contributed by atoms with Gasteiger partial charge in [0.25, 0.3) is 0 Å². The van der Waals surface area contributed by atoms with E-state index in [0.717, 1.165) is 19.3 Å². The quantitative estimate of drug-likeness (QED) is 0.0630. The number of azide groups is 1. The average molecular weight is 430 g/mol. The van der Waals surface area contributed by atoms with E-state index >= 15 is 0 Å². The van der Waals surface area contributed by atoms with Gasteiger partial charge >= 0.3 is 5.97 Å². The van der Waals surface area contributed by atoms with E-state index in [4.69, 9.17) is 19.7 Å². The van der Waals surface area contributed by atoms with E-state index in [1.807, 2.05) is 0 Å². The predicted octanol–water partition coefficient (Wildman–Crippen LogP) is 5.67. The van der Waals surface area contributed by atoms with Gasteiger partial charge in [-0.3, -0.25) is 4.79 Å². The van der Waals surface area contributed by atoms with E-state index in [-0.39, 0.29) is 13.4 Å². The van der Waals surface area contributed by atoms with Crippen LogP contribution in [0.2, 0.25) is 0 Å². The summed E-state index contributed by atoms with van der Waals surface area (Å²) in [6, 6.07) is -1.32. The van der Waals surface area contributed by atoms with Crippen LogP contribution in [0.15, 0.2) is 5.11 Å². The third-order valence-corrected chi connectivity index (χ3v) is 5.15. The van der Waals surface area contributed by atoms with Crippen molar-refractivity contribution in [2.24, 2.45) is 5.11 Å². The Balaban J connectivity index is 4.19. The molecule has 0 heterocycles. The lowest BCUT2D eigenvalue weighted by Gasteiger charge is -2.26. The summed E-state index contributed by atoms with van der Waals surface area (Å²) in [5.74, 6) is -0.747. The Hall–Kier alpha value is -1.34. The minimum Gasteiger partial charge on any atom is -0.466 e. The summed E-state index contributed by atoms with van der Waals surface area (Å²) in [4.78, 5) is 14.7. The molecule has 0 saturated carbocycles. The topological polar surface area (TPSA) is 114 Å². The molecule has 0 aliphatic rings. The van der Waals surface area contributed by atoms with E-state index in [1.54, 1.807) is 6.92 Å². The fourth-order valence-electron chi connectivity index (χ4n) is 3.44. The van der Waals surface area contributed by atoms with E-state index in [1.165, 1.54) is 64.9 Å². The molecule has 3 atom stereocenters. The van der Waals surface area contributed by atoms with Crippen LogP contribution in [0.3, 0.4) is 0 Å². The molecule has 0 unspecified atom stereocenters. The van der Waals surface area contributed by atoms with Crippen molar-refractivity contribution < 1.29 is 24.1 Å². The fraction of sp³-hybridized carbons (Fsp3) is 0.955. The van der Waals surface area contributed by atoms with Gasteiger partial charge < -0.3 is 19.3 Å². The Morgan fingerprint density at radius 2 is 1.50 bits per heavy atom. The van der Waals surface area contributed by atoms with Crippen LogP contribution in [0.4, 0.5) is 0 Å². The second kappa shape index (κ2) is 20.9. The summed E-state index contributed by atoms with van der Waals surface area (Å²) in [6.45, 7) is 4.03. The lowest BCUT2D eigenvalue weighted by Crippen LogP contribution is -2.43. The number of rotatable bonds is 21. The molecule has 0 radical (unpaired) electrons. The first kappa shape index (κ1) is 28.7. The van der Waals surface area contributed by atoms with Gasteiger partial charge in [0.15, 0.2) is 6.04 Å². The van der Waals surface area contributed by atoms with E-state index in [0.29, 0.717) is 6.42 Å². The average Bonchev–Trinajstić information content (AvgIpc) is 2.74. The summed E-state index contributed by atoms with van der Waals surface area (Å²) < 4.78 is 15.4. The Kier molecular flexibility index (Phi) is 20.0. The first-order chi connectivity index (χ1) is 14.6. The van der Waals surface area contributed by atoms with Crippen molar-refractivity contribution in [3.63, 3.8) is 0 Å². The SMILES string of the molecule is CCCCCCCCCCCCCC[C@@H](OCOC)[C@@H](O)[C@@H](N=[N+]=[N-])C(=O)OCC. The number of carbonyl (C=O) groups is 1. The van der Waals surface area contributed by atoms with Crippen molar-refractivity contribution in [2.75, 3.05) is 20.5 Å². The molecule has 0 aliphatic carbocycles. The van der Waals surface area contributed by atoms with Gasteiger partial charge in [0.1, 0.15) is 6.79 Å². The summed E-state index contributed by atoms with van der Waals surface area (Å²) >= 11 is 0. The van der Waals surface area contributed by atoms with Crippen molar-refractivity contribution in [3.8, 4) is 0 Å². The van der Waals surface area contributed by atoms with Gasteiger partial charge in [0, 0.05) is 12.0 Å². The van der Waals surface area contributed by atoms with Crippen molar-refractivity contribution in [2.45, 2.75) is 116 Å². The highest BCUT2D eigenvalue weighted by atomic mass is 16.7. The number of aliphatic hydroxyl groups is 1. The zero-order chi connectivity index (χ0) is 22.5. The summed E-state index contributed by atoms with van der Waals surface area (Å²) in [5, 5.41) is 14.0. The Morgan fingerprint density at radius 3 is 1.97 bits per heavy atom. The molecule has 8 heteroatoms. The highest BCUT2D eigenvalue weighted by Crippen LogP contribution is 2.18. The lowest BCUT2D eigenvalue weighted by molar-refractivity contribution is -0.156. The largest absolute Gasteiger partial charge is 0.466 e. The Morgan fingerprint density at radius 1 is 0.967 bits per heavy atom. The molecule has 0 aromatic heterocycles. The molecular formula is C22H43N3O5. The number of aliphatic hydroxyl groups excluding tert-OH is 1. The van der Waals surface area contributed by atoms with Crippen molar-refractivity contribution in [1.82, 2.24) is 0 Å². The van der Waals surface area contributed by atoms with Gasteiger partial charge in [-0.1, -0.05) is 89.1 Å². The molecule has 0 aromatic carbocycles. The zero-order valence-electron chi connectivity index (χ0n) is 19.3.